The van der Waals surface area contributed by atoms with Crippen LogP contribution < -0.4 is 4.74 Å². The number of fused-ring (bicyclic) bond motifs is 1. The standard InChI is InChI=1S/C21H22ClNO4/c1-3-25-14-18-17-9-4-5-10-19(17)27-20(18)21(24)23(2)11-12-26-16-8-6-7-15(22)13-16/h4-10,13H,3,11-12,14H2,1-2H3. The minimum absolute atomic E-state index is 0.199. The molecule has 27 heavy (non-hydrogen) atoms. The molecule has 0 spiro atoms. The van der Waals surface area contributed by atoms with E-state index in [4.69, 9.17) is 25.5 Å². The van der Waals surface area contributed by atoms with Crippen molar-refractivity contribution in [2.24, 2.45) is 0 Å². The Bertz CT molecular complexity index is 921. The summed E-state index contributed by atoms with van der Waals surface area (Å²) in [4.78, 5) is 14.5. The fraction of sp³-hybridized carbons (Fsp3) is 0.286. The molecule has 0 saturated heterocycles. The monoisotopic (exact) mass is 387 g/mol. The predicted molar refractivity (Wildman–Crippen MR) is 105 cm³/mol. The quantitative estimate of drug-likeness (QED) is 0.558. The number of nitrogens with zero attached hydrogens (tertiary/aromatic N) is 1. The highest BCUT2D eigenvalue weighted by Gasteiger charge is 2.23. The molecule has 6 heteroatoms. The van der Waals surface area contributed by atoms with E-state index in [1.807, 2.05) is 43.3 Å². The average molecular weight is 388 g/mol. The first kappa shape index (κ1) is 19.3. The Labute approximate surface area is 163 Å². The van der Waals surface area contributed by atoms with Crippen molar-refractivity contribution < 1.29 is 18.7 Å². The number of para-hydroxylation sites is 1. The summed E-state index contributed by atoms with van der Waals surface area (Å²) in [6.45, 7) is 3.58. The average Bonchev–Trinajstić information content (AvgIpc) is 3.04. The van der Waals surface area contributed by atoms with Gasteiger partial charge in [0.25, 0.3) is 5.91 Å². The first-order valence-electron chi connectivity index (χ1n) is 8.82. The third-order valence-corrected chi connectivity index (χ3v) is 4.42. The van der Waals surface area contributed by atoms with Crippen LogP contribution in [0.15, 0.2) is 52.9 Å². The van der Waals surface area contributed by atoms with Crippen LogP contribution in [-0.2, 0) is 11.3 Å². The molecule has 0 aliphatic heterocycles. The number of likely N-dealkylation sites (N-methyl/N-ethyl adjacent to an activating group) is 1. The Morgan fingerprint density at radius 1 is 1.19 bits per heavy atom. The number of rotatable bonds is 8. The lowest BCUT2D eigenvalue weighted by molar-refractivity contribution is 0.0734. The summed E-state index contributed by atoms with van der Waals surface area (Å²) in [5.41, 5.74) is 1.46. The van der Waals surface area contributed by atoms with Gasteiger partial charge in [-0.2, -0.15) is 0 Å². The van der Waals surface area contributed by atoms with E-state index in [9.17, 15) is 4.79 Å². The van der Waals surface area contributed by atoms with Gasteiger partial charge < -0.3 is 18.8 Å². The van der Waals surface area contributed by atoms with Crippen molar-refractivity contribution >= 4 is 28.5 Å². The molecule has 1 aromatic heterocycles. The van der Waals surface area contributed by atoms with Gasteiger partial charge in [0.1, 0.15) is 17.9 Å². The van der Waals surface area contributed by atoms with Gasteiger partial charge in [-0.05, 0) is 31.2 Å². The van der Waals surface area contributed by atoms with Gasteiger partial charge in [-0.3, -0.25) is 4.79 Å². The number of benzene rings is 2. The van der Waals surface area contributed by atoms with Crippen LogP contribution in [0.3, 0.4) is 0 Å². The molecule has 0 radical (unpaired) electrons. The zero-order chi connectivity index (χ0) is 19.2. The summed E-state index contributed by atoms with van der Waals surface area (Å²) < 4.78 is 17.0. The first-order valence-corrected chi connectivity index (χ1v) is 9.20. The zero-order valence-corrected chi connectivity index (χ0v) is 16.2. The Morgan fingerprint density at radius 2 is 2.00 bits per heavy atom. The molecule has 0 aliphatic rings. The maximum atomic E-state index is 12.9. The number of halogens is 1. The fourth-order valence-corrected chi connectivity index (χ4v) is 2.93. The maximum absolute atomic E-state index is 12.9. The molecule has 0 unspecified atom stereocenters. The van der Waals surface area contributed by atoms with Gasteiger partial charge >= 0.3 is 0 Å². The van der Waals surface area contributed by atoms with E-state index in [0.29, 0.717) is 48.5 Å². The van der Waals surface area contributed by atoms with E-state index in [1.54, 1.807) is 24.1 Å². The summed E-state index contributed by atoms with van der Waals surface area (Å²) in [6, 6.07) is 14.8. The maximum Gasteiger partial charge on any atom is 0.289 e. The van der Waals surface area contributed by atoms with Gasteiger partial charge in [-0.1, -0.05) is 35.9 Å². The fourth-order valence-electron chi connectivity index (χ4n) is 2.75. The van der Waals surface area contributed by atoms with Crippen LogP contribution in [0.4, 0.5) is 0 Å². The second kappa shape index (κ2) is 8.93. The lowest BCUT2D eigenvalue weighted by Gasteiger charge is -2.17. The number of carbonyl (C=O) groups excluding carboxylic acids is 1. The van der Waals surface area contributed by atoms with Crippen LogP contribution in [0, 0.1) is 0 Å². The van der Waals surface area contributed by atoms with Crippen molar-refractivity contribution in [1.29, 1.82) is 0 Å². The molecule has 3 aromatic rings. The molecule has 0 fully saturated rings. The number of hydrogen-bond donors (Lipinski definition) is 0. The molecule has 142 valence electrons. The molecule has 1 heterocycles. The van der Waals surface area contributed by atoms with Crippen molar-refractivity contribution in [1.82, 2.24) is 4.90 Å². The van der Waals surface area contributed by atoms with Crippen molar-refractivity contribution in [3.05, 3.63) is 64.9 Å². The normalized spacial score (nSPS) is 10.9. The number of furan rings is 1. The number of carbonyl (C=O) groups is 1. The third kappa shape index (κ3) is 4.62. The second-order valence-corrected chi connectivity index (χ2v) is 6.51. The first-order chi connectivity index (χ1) is 13.1. The Balaban J connectivity index is 1.70. The van der Waals surface area contributed by atoms with E-state index in [-0.39, 0.29) is 5.91 Å². The SMILES string of the molecule is CCOCc1c(C(=O)N(C)CCOc2cccc(Cl)c2)oc2ccccc12. The van der Waals surface area contributed by atoms with Crippen LogP contribution in [-0.4, -0.2) is 37.6 Å². The predicted octanol–water partition coefficient (Wildman–Crippen LogP) is 4.77. The molecule has 2 aromatic carbocycles. The van der Waals surface area contributed by atoms with Gasteiger partial charge in [-0.15, -0.1) is 0 Å². The molecule has 0 aliphatic carbocycles. The van der Waals surface area contributed by atoms with Gasteiger partial charge in [0.15, 0.2) is 5.76 Å². The highest BCUT2D eigenvalue weighted by Crippen LogP contribution is 2.27. The summed E-state index contributed by atoms with van der Waals surface area (Å²) >= 11 is 5.95. The molecular formula is C21H22ClNO4. The summed E-state index contributed by atoms with van der Waals surface area (Å²) in [7, 11) is 1.72. The molecule has 1 amide bonds. The van der Waals surface area contributed by atoms with Crippen LogP contribution in [0.25, 0.3) is 11.0 Å². The van der Waals surface area contributed by atoms with E-state index >= 15 is 0 Å². The molecule has 0 saturated carbocycles. The van der Waals surface area contributed by atoms with Crippen LogP contribution in [0.1, 0.15) is 23.0 Å². The number of hydrogen-bond acceptors (Lipinski definition) is 4. The molecular weight excluding hydrogens is 366 g/mol. The van der Waals surface area contributed by atoms with E-state index in [1.165, 1.54) is 0 Å². The van der Waals surface area contributed by atoms with Gasteiger partial charge in [0.2, 0.25) is 0 Å². The third-order valence-electron chi connectivity index (χ3n) is 4.18. The van der Waals surface area contributed by atoms with Crippen molar-refractivity contribution in [2.75, 3.05) is 26.8 Å². The van der Waals surface area contributed by atoms with Crippen molar-refractivity contribution in [2.45, 2.75) is 13.5 Å². The Morgan fingerprint density at radius 3 is 2.78 bits per heavy atom. The van der Waals surface area contributed by atoms with Crippen LogP contribution in [0.5, 0.6) is 5.75 Å². The molecule has 5 nitrogen and oxygen atoms in total. The smallest absolute Gasteiger partial charge is 0.289 e. The molecule has 0 atom stereocenters. The van der Waals surface area contributed by atoms with E-state index in [2.05, 4.69) is 0 Å². The van der Waals surface area contributed by atoms with Crippen molar-refractivity contribution in [3.8, 4) is 5.75 Å². The Kier molecular flexibility index (Phi) is 6.37. The highest BCUT2D eigenvalue weighted by molar-refractivity contribution is 6.30. The molecule has 0 N–H and O–H groups in total. The molecule has 0 bridgehead atoms. The minimum Gasteiger partial charge on any atom is -0.492 e. The minimum atomic E-state index is -0.199. The summed E-state index contributed by atoms with van der Waals surface area (Å²) in [5.74, 6) is 0.787. The second-order valence-electron chi connectivity index (χ2n) is 6.08. The van der Waals surface area contributed by atoms with Gasteiger partial charge in [0, 0.05) is 29.6 Å². The molecule has 3 rings (SSSR count). The Hall–Kier alpha value is -2.50. The largest absolute Gasteiger partial charge is 0.492 e. The highest BCUT2D eigenvalue weighted by atomic mass is 35.5. The number of amides is 1. The van der Waals surface area contributed by atoms with Gasteiger partial charge in [-0.25, -0.2) is 0 Å². The topological polar surface area (TPSA) is 51.9 Å². The van der Waals surface area contributed by atoms with E-state index in [0.717, 1.165) is 10.9 Å². The van der Waals surface area contributed by atoms with Gasteiger partial charge in [0.05, 0.1) is 13.2 Å². The summed E-state index contributed by atoms with van der Waals surface area (Å²) in [6.07, 6.45) is 0. The van der Waals surface area contributed by atoms with Crippen LogP contribution >= 0.6 is 11.6 Å². The van der Waals surface area contributed by atoms with Crippen molar-refractivity contribution in [3.63, 3.8) is 0 Å². The lowest BCUT2D eigenvalue weighted by Crippen LogP contribution is -2.31. The van der Waals surface area contributed by atoms with E-state index < -0.39 is 0 Å². The lowest BCUT2D eigenvalue weighted by atomic mass is 10.1. The zero-order valence-electron chi connectivity index (χ0n) is 15.4. The van der Waals surface area contributed by atoms with Crippen LogP contribution in [0.2, 0.25) is 5.02 Å². The summed E-state index contributed by atoms with van der Waals surface area (Å²) in [5, 5.41) is 1.51. The number of ether oxygens (including phenoxy) is 2.